The third kappa shape index (κ3) is 3.66. The summed E-state index contributed by atoms with van der Waals surface area (Å²) >= 11 is 0. The molecule has 7 heteroatoms. The summed E-state index contributed by atoms with van der Waals surface area (Å²) in [6.07, 6.45) is 0. The minimum atomic E-state index is -0.436. The van der Waals surface area contributed by atoms with Gasteiger partial charge in [0, 0.05) is 53.1 Å². The number of nitro groups is 1. The fourth-order valence-corrected chi connectivity index (χ4v) is 2.79. The molecule has 0 fully saturated rings. The number of nitro benzene ring substituents is 1. The van der Waals surface area contributed by atoms with Gasteiger partial charge in [0.1, 0.15) is 0 Å². The molecule has 26 heavy (non-hydrogen) atoms. The molecule has 0 saturated carbocycles. The van der Waals surface area contributed by atoms with E-state index in [1.54, 1.807) is 18.2 Å². The van der Waals surface area contributed by atoms with Crippen LogP contribution in [0.4, 0.5) is 11.4 Å². The molecule has 0 aliphatic rings. The van der Waals surface area contributed by atoms with Crippen LogP contribution in [0.2, 0.25) is 0 Å². The quantitative estimate of drug-likeness (QED) is 0.359. The van der Waals surface area contributed by atoms with Crippen LogP contribution in [0.1, 0.15) is 21.6 Å². The molecule has 1 amide bonds. The van der Waals surface area contributed by atoms with Gasteiger partial charge in [0.25, 0.3) is 11.6 Å². The van der Waals surface area contributed by atoms with Gasteiger partial charge in [0.05, 0.1) is 4.92 Å². The number of anilines is 1. The summed E-state index contributed by atoms with van der Waals surface area (Å²) in [5.41, 5.74) is 4.71. The molecule has 0 saturated heterocycles. The highest BCUT2D eigenvalue weighted by atomic mass is 16.6. The number of fused-ring (bicyclic) bond motifs is 1. The van der Waals surface area contributed by atoms with Gasteiger partial charge in [-0.2, -0.15) is 0 Å². The lowest BCUT2D eigenvalue weighted by molar-refractivity contribution is -0.384. The van der Waals surface area contributed by atoms with Gasteiger partial charge in [-0.05, 0) is 49.7 Å². The molecule has 0 atom stereocenters. The van der Waals surface area contributed by atoms with Gasteiger partial charge in [-0.15, -0.1) is 0 Å². The predicted octanol–water partition coefficient (Wildman–Crippen LogP) is 3.53. The van der Waals surface area contributed by atoms with E-state index in [0.29, 0.717) is 18.7 Å². The summed E-state index contributed by atoms with van der Waals surface area (Å²) in [4.78, 5) is 25.8. The second-order valence-corrected chi connectivity index (χ2v) is 6.12. The maximum Gasteiger partial charge on any atom is 0.269 e. The Morgan fingerprint density at radius 1 is 1.12 bits per heavy atom. The first-order valence-corrected chi connectivity index (χ1v) is 8.31. The number of hydrogen-bond donors (Lipinski definition) is 3. The highest BCUT2D eigenvalue weighted by molar-refractivity contribution is 5.99. The Balaban J connectivity index is 1.54. The number of rotatable bonds is 6. The number of hydrogen-bond acceptors (Lipinski definition) is 4. The highest BCUT2D eigenvalue weighted by Crippen LogP contribution is 2.22. The molecular formula is C19H20N4O3. The van der Waals surface area contributed by atoms with Crippen molar-refractivity contribution in [1.82, 2.24) is 10.3 Å². The Labute approximate surface area is 150 Å². The molecule has 134 valence electrons. The number of nitrogens with one attached hydrogen (secondary N) is 3. The zero-order chi connectivity index (χ0) is 18.7. The number of carbonyl (C=O) groups is 1. The van der Waals surface area contributed by atoms with Crippen molar-refractivity contribution >= 4 is 28.2 Å². The maximum atomic E-state index is 12.3. The summed E-state index contributed by atoms with van der Waals surface area (Å²) < 4.78 is 0. The van der Waals surface area contributed by atoms with E-state index >= 15 is 0 Å². The molecule has 0 spiro atoms. The van der Waals surface area contributed by atoms with Gasteiger partial charge >= 0.3 is 0 Å². The van der Waals surface area contributed by atoms with E-state index in [9.17, 15) is 14.9 Å². The van der Waals surface area contributed by atoms with Crippen LogP contribution >= 0.6 is 0 Å². The maximum absolute atomic E-state index is 12.3. The molecule has 0 unspecified atom stereocenters. The molecule has 0 bridgehead atoms. The number of H-pyrrole nitrogens is 1. The normalized spacial score (nSPS) is 10.7. The molecule has 0 radical (unpaired) electrons. The minimum absolute atomic E-state index is 0.0505. The largest absolute Gasteiger partial charge is 0.383 e. The standard InChI is InChI=1S/C19H20N4O3/c1-12-13(2)22-18-8-3-14(11-17(12)18)19(24)21-10-9-20-15-4-6-16(7-5-15)23(25)26/h3-8,11,20,22H,9-10H2,1-2H3,(H,21,24). The Morgan fingerprint density at radius 3 is 2.54 bits per heavy atom. The molecule has 3 rings (SSSR count). The SMILES string of the molecule is Cc1[nH]c2ccc(C(=O)NCCNc3ccc([N+](=O)[O-])cc3)cc2c1C. The topological polar surface area (TPSA) is 100 Å². The summed E-state index contributed by atoms with van der Waals surface area (Å²) in [5.74, 6) is -0.129. The van der Waals surface area contributed by atoms with Crippen LogP contribution in [0.25, 0.3) is 10.9 Å². The van der Waals surface area contributed by atoms with E-state index in [-0.39, 0.29) is 11.6 Å². The lowest BCUT2D eigenvalue weighted by Gasteiger charge is -2.08. The van der Waals surface area contributed by atoms with Crippen LogP contribution < -0.4 is 10.6 Å². The zero-order valence-electron chi connectivity index (χ0n) is 14.6. The van der Waals surface area contributed by atoms with Gasteiger partial charge in [0.15, 0.2) is 0 Å². The number of nitrogens with zero attached hydrogens (tertiary/aromatic N) is 1. The highest BCUT2D eigenvalue weighted by Gasteiger charge is 2.09. The molecule has 3 N–H and O–H groups in total. The summed E-state index contributed by atoms with van der Waals surface area (Å²) in [6.45, 7) is 5.01. The molecule has 7 nitrogen and oxygen atoms in total. The van der Waals surface area contributed by atoms with Crippen molar-refractivity contribution in [3.63, 3.8) is 0 Å². The van der Waals surface area contributed by atoms with Crippen molar-refractivity contribution in [1.29, 1.82) is 0 Å². The van der Waals surface area contributed by atoms with E-state index in [1.165, 1.54) is 12.1 Å². The van der Waals surface area contributed by atoms with E-state index in [4.69, 9.17) is 0 Å². The smallest absolute Gasteiger partial charge is 0.269 e. The number of aromatic amines is 1. The van der Waals surface area contributed by atoms with Crippen molar-refractivity contribution in [3.8, 4) is 0 Å². The van der Waals surface area contributed by atoms with E-state index in [0.717, 1.165) is 27.8 Å². The van der Waals surface area contributed by atoms with Crippen LogP contribution in [0.3, 0.4) is 0 Å². The lowest BCUT2D eigenvalue weighted by Crippen LogP contribution is -2.28. The van der Waals surface area contributed by atoms with Crippen molar-refractivity contribution < 1.29 is 9.72 Å². The van der Waals surface area contributed by atoms with Crippen LogP contribution in [0.15, 0.2) is 42.5 Å². The number of carbonyl (C=O) groups excluding carboxylic acids is 1. The van der Waals surface area contributed by atoms with Crippen molar-refractivity contribution in [3.05, 3.63) is 69.4 Å². The molecule has 2 aromatic carbocycles. The Kier molecular flexibility index (Phi) is 4.88. The van der Waals surface area contributed by atoms with Gasteiger partial charge in [-0.1, -0.05) is 0 Å². The zero-order valence-corrected chi connectivity index (χ0v) is 14.6. The van der Waals surface area contributed by atoms with E-state index in [1.807, 2.05) is 26.0 Å². The van der Waals surface area contributed by atoms with Crippen molar-refractivity contribution in [2.24, 2.45) is 0 Å². The van der Waals surface area contributed by atoms with Crippen molar-refractivity contribution in [2.75, 3.05) is 18.4 Å². The molecule has 0 aliphatic heterocycles. The lowest BCUT2D eigenvalue weighted by atomic mass is 10.1. The number of benzene rings is 2. The number of aryl methyl sites for hydroxylation is 2. The third-order valence-corrected chi connectivity index (χ3v) is 4.39. The predicted molar refractivity (Wildman–Crippen MR) is 102 cm³/mol. The molecule has 1 heterocycles. The first-order chi connectivity index (χ1) is 12.5. The number of aromatic nitrogens is 1. The van der Waals surface area contributed by atoms with Gasteiger partial charge < -0.3 is 15.6 Å². The minimum Gasteiger partial charge on any atom is -0.383 e. The average molecular weight is 352 g/mol. The fourth-order valence-electron chi connectivity index (χ4n) is 2.79. The summed E-state index contributed by atoms with van der Waals surface area (Å²) in [6, 6.07) is 11.8. The Morgan fingerprint density at radius 2 is 1.85 bits per heavy atom. The second-order valence-electron chi connectivity index (χ2n) is 6.12. The summed E-state index contributed by atoms with van der Waals surface area (Å²) in [5, 5.41) is 17.7. The van der Waals surface area contributed by atoms with E-state index < -0.39 is 4.92 Å². The number of amides is 1. The Bertz CT molecular complexity index is 961. The van der Waals surface area contributed by atoms with Gasteiger partial charge in [0.2, 0.25) is 0 Å². The third-order valence-electron chi connectivity index (χ3n) is 4.39. The first kappa shape index (κ1) is 17.5. The summed E-state index contributed by atoms with van der Waals surface area (Å²) in [7, 11) is 0. The Hall–Kier alpha value is -3.35. The van der Waals surface area contributed by atoms with Crippen LogP contribution in [0, 0.1) is 24.0 Å². The van der Waals surface area contributed by atoms with Crippen LogP contribution in [-0.4, -0.2) is 28.9 Å². The first-order valence-electron chi connectivity index (χ1n) is 8.31. The second kappa shape index (κ2) is 7.26. The van der Waals surface area contributed by atoms with Crippen molar-refractivity contribution in [2.45, 2.75) is 13.8 Å². The monoisotopic (exact) mass is 352 g/mol. The van der Waals surface area contributed by atoms with Gasteiger partial charge in [-0.25, -0.2) is 0 Å². The molecule has 1 aromatic heterocycles. The molecule has 0 aliphatic carbocycles. The fraction of sp³-hybridized carbons (Fsp3) is 0.211. The van der Waals surface area contributed by atoms with Crippen LogP contribution in [0.5, 0.6) is 0 Å². The average Bonchev–Trinajstić information content (AvgIpc) is 2.92. The number of non-ortho nitro benzene ring substituents is 1. The molecule has 3 aromatic rings. The van der Waals surface area contributed by atoms with Gasteiger partial charge in [-0.3, -0.25) is 14.9 Å². The van der Waals surface area contributed by atoms with E-state index in [2.05, 4.69) is 15.6 Å². The molecular weight excluding hydrogens is 332 g/mol. The van der Waals surface area contributed by atoms with Crippen LogP contribution in [-0.2, 0) is 0 Å².